The molecule has 0 aliphatic heterocycles. The second-order valence-electron chi connectivity index (χ2n) is 4.81. The highest BCUT2D eigenvalue weighted by Gasteiger charge is 2.19. The summed E-state index contributed by atoms with van der Waals surface area (Å²) in [6, 6.07) is 3.84. The number of nitrogens with zero attached hydrogens (tertiary/aromatic N) is 1. The number of rotatable bonds is 8. The van der Waals surface area contributed by atoms with E-state index in [0.717, 1.165) is 18.7 Å². The number of hydrazine groups is 2. The van der Waals surface area contributed by atoms with E-state index in [2.05, 4.69) is 37.3 Å². The fourth-order valence-corrected chi connectivity index (χ4v) is 2.28. The van der Waals surface area contributed by atoms with Crippen LogP contribution >= 0.6 is 24.4 Å². The van der Waals surface area contributed by atoms with Crippen LogP contribution in [0.3, 0.4) is 0 Å². The third kappa shape index (κ3) is 7.51. The Bertz CT molecular complexity index is 483. The zero-order valence-electron chi connectivity index (χ0n) is 13.6. The minimum atomic E-state index is -0.0720. The molecule has 0 fully saturated rings. The summed E-state index contributed by atoms with van der Waals surface area (Å²) in [6.07, 6.45) is 3.56. The summed E-state index contributed by atoms with van der Waals surface area (Å²) in [7, 11) is 0. The largest absolute Gasteiger partial charge is 0.362 e. The number of hydrogen-bond acceptors (Lipinski definition) is 5. The number of nitrogens with one attached hydrogen (secondary N) is 6. The van der Waals surface area contributed by atoms with E-state index in [-0.39, 0.29) is 12.1 Å². The molecular weight excluding hydrogens is 330 g/mol. The van der Waals surface area contributed by atoms with Crippen LogP contribution in [0.5, 0.6) is 0 Å². The Morgan fingerprint density at radius 3 is 2.22 bits per heavy atom. The van der Waals surface area contributed by atoms with Crippen LogP contribution in [0.15, 0.2) is 24.5 Å². The molecule has 1 rings (SSSR count). The predicted molar refractivity (Wildman–Crippen MR) is 102 cm³/mol. The molecule has 0 aliphatic rings. The van der Waals surface area contributed by atoms with Gasteiger partial charge in [-0.05, 0) is 56.8 Å². The molecule has 0 saturated heterocycles. The van der Waals surface area contributed by atoms with Crippen molar-refractivity contribution in [1.29, 1.82) is 0 Å². The van der Waals surface area contributed by atoms with Gasteiger partial charge in [-0.2, -0.15) is 0 Å². The zero-order valence-corrected chi connectivity index (χ0v) is 15.3. The van der Waals surface area contributed by atoms with Gasteiger partial charge in [0.2, 0.25) is 0 Å². The van der Waals surface area contributed by atoms with Crippen LogP contribution < -0.4 is 32.3 Å². The van der Waals surface area contributed by atoms with Gasteiger partial charge in [0, 0.05) is 31.5 Å². The second kappa shape index (κ2) is 11.1. The molecule has 23 heavy (non-hydrogen) atoms. The van der Waals surface area contributed by atoms with E-state index in [1.807, 2.05) is 39.1 Å². The predicted octanol–water partition coefficient (Wildman–Crippen LogP) is 0.488. The van der Waals surface area contributed by atoms with Crippen molar-refractivity contribution < 1.29 is 0 Å². The van der Waals surface area contributed by atoms with E-state index in [4.69, 9.17) is 24.4 Å². The molecular formula is C14H25N7S2. The highest BCUT2D eigenvalue weighted by Crippen LogP contribution is 2.14. The van der Waals surface area contributed by atoms with Gasteiger partial charge in [-0.25, -0.2) is 10.9 Å². The lowest BCUT2D eigenvalue weighted by Crippen LogP contribution is -2.55. The van der Waals surface area contributed by atoms with Gasteiger partial charge >= 0.3 is 0 Å². The van der Waals surface area contributed by atoms with Gasteiger partial charge in [0.1, 0.15) is 0 Å². The van der Waals surface area contributed by atoms with E-state index in [1.54, 1.807) is 6.20 Å². The first-order chi connectivity index (χ1) is 11.1. The lowest BCUT2D eigenvalue weighted by Gasteiger charge is -2.27. The lowest BCUT2D eigenvalue weighted by molar-refractivity contribution is 0.369. The van der Waals surface area contributed by atoms with Gasteiger partial charge in [-0.1, -0.05) is 6.07 Å². The highest BCUT2D eigenvalue weighted by molar-refractivity contribution is 7.80. The molecule has 0 aromatic carbocycles. The molecule has 0 radical (unpaired) electrons. The van der Waals surface area contributed by atoms with Crippen molar-refractivity contribution in [3.05, 3.63) is 30.1 Å². The summed E-state index contributed by atoms with van der Waals surface area (Å²) in [4.78, 5) is 4.17. The van der Waals surface area contributed by atoms with Crippen molar-refractivity contribution in [1.82, 2.24) is 37.3 Å². The van der Waals surface area contributed by atoms with E-state index >= 15 is 0 Å². The highest BCUT2D eigenvalue weighted by atomic mass is 32.1. The van der Waals surface area contributed by atoms with Gasteiger partial charge in [-0.3, -0.25) is 15.8 Å². The average molecular weight is 356 g/mol. The molecule has 1 aromatic rings. The van der Waals surface area contributed by atoms with Gasteiger partial charge in [-0.15, -0.1) is 0 Å². The molecule has 0 aliphatic carbocycles. The monoisotopic (exact) mass is 355 g/mol. The Hall–Kier alpha value is -1.55. The molecule has 1 heterocycles. The quantitative estimate of drug-likeness (QED) is 0.295. The second-order valence-corrected chi connectivity index (χ2v) is 5.63. The molecule has 0 amide bonds. The van der Waals surface area contributed by atoms with Crippen LogP contribution in [0, 0.1) is 0 Å². The third-order valence-corrected chi connectivity index (χ3v) is 3.47. The van der Waals surface area contributed by atoms with Crippen LogP contribution in [0.1, 0.15) is 32.4 Å². The maximum absolute atomic E-state index is 5.18. The summed E-state index contributed by atoms with van der Waals surface area (Å²) in [6.45, 7) is 7.54. The van der Waals surface area contributed by atoms with E-state index < -0.39 is 0 Å². The van der Waals surface area contributed by atoms with Crippen molar-refractivity contribution in [2.75, 3.05) is 13.1 Å². The summed E-state index contributed by atoms with van der Waals surface area (Å²) in [5.74, 6) is 0. The molecule has 0 bridgehead atoms. The van der Waals surface area contributed by atoms with Crippen LogP contribution in [0.2, 0.25) is 0 Å². The molecule has 0 saturated carbocycles. The Kier molecular flexibility index (Phi) is 9.37. The van der Waals surface area contributed by atoms with Crippen LogP contribution in [0.25, 0.3) is 0 Å². The minimum Gasteiger partial charge on any atom is -0.362 e. The fourth-order valence-electron chi connectivity index (χ4n) is 1.87. The molecule has 2 atom stereocenters. The molecule has 2 unspecified atom stereocenters. The molecule has 0 spiro atoms. The molecule has 128 valence electrons. The number of thiocarbonyl (C=S) groups is 2. The summed E-state index contributed by atoms with van der Waals surface area (Å²) in [5, 5.41) is 7.16. The first-order valence-corrected chi connectivity index (χ1v) is 8.38. The van der Waals surface area contributed by atoms with Gasteiger partial charge in [0.05, 0.1) is 6.04 Å². The minimum absolute atomic E-state index is 0.00716. The maximum Gasteiger partial charge on any atom is 0.180 e. The van der Waals surface area contributed by atoms with Crippen LogP contribution in [-0.2, 0) is 0 Å². The van der Waals surface area contributed by atoms with Crippen LogP contribution in [0.4, 0.5) is 0 Å². The van der Waals surface area contributed by atoms with Crippen molar-refractivity contribution in [3.8, 4) is 0 Å². The number of hydrogen-bond donors (Lipinski definition) is 6. The Labute approximate surface area is 148 Å². The normalized spacial score (nSPS) is 12.8. The molecule has 7 nitrogen and oxygen atoms in total. The smallest absolute Gasteiger partial charge is 0.180 e. The lowest BCUT2D eigenvalue weighted by atomic mass is 10.0. The first-order valence-electron chi connectivity index (χ1n) is 7.57. The van der Waals surface area contributed by atoms with Crippen molar-refractivity contribution >= 4 is 34.7 Å². The fraction of sp³-hybridized carbons (Fsp3) is 0.500. The third-order valence-electron chi connectivity index (χ3n) is 2.97. The average Bonchev–Trinajstić information content (AvgIpc) is 2.54. The first kappa shape index (κ1) is 19.5. The summed E-state index contributed by atoms with van der Waals surface area (Å²) < 4.78 is 0. The standard InChI is InChI=1S/C14H25N7S2/c1-4-16-13(22)20-18-10(3)12(11-7-6-8-15-9-11)19-21-14(23)17-5-2/h6-10,12,18-19H,4-5H2,1-3H3,(H2,16,20,22)(H2,17,21,23). The van der Waals surface area contributed by atoms with Gasteiger partial charge < -0.3 is 10.6 Å². The summed E-state index contributed by atoms with van der Waals surface area (Å²) >= 11 is 10.3. The Morgan fingerprint density at radius 1 is 1.09 bits per heavy atom. The van der Waals surface area contributed by atoms with Gasteiger partial charge in [0.25, 0.3) is 0 Å². The van der Waals surface area contributed by atoms with E-state index in [1.165, 1.54) is 0 Å². The Balaban J connectivity index is 2.66. The zero-order chi connectivity index (χ0) is 17.1. The van der Waals surface area contributed by atoms with Crippen molar-refractivity contribution in [2.24, 2.45) is 0 Å². The number of aromatic nitrogens is 1. The van der Waals surface area contributed by atoms with Crippen molar-refractivity contribution in [3.63, 3.8) is 0 Å². The Morgan fingerprint density at radius 2 is 1.70 bits per heavy atom. The van der Waals surface area contributed by atoms with Crippen molar-refractivity contribution in [2.45, 2.75) is 32.9 Å². The van der Waals surface area contributed by atoms with Gasteiger partial charge in [0.15, 0.2) is 10.2 Å². The summed E-state index contributed by atoms with van der Waals surface area (Å²) in [5.41, 5.74) is 13.4. The van der Waals surface area contributed by atoms with E-state index in [0.29, 0.717) is 10.2 Å². The van der Waals surface area contributed by atoms with Crippen LogP contribution in [-0.4, -0.2) is 34.3 Å². The SMILES string of the molecule is CCNC(=S)NNC(C)C(NNC(=S)NCC)c1cccnc1. The molecule has 1 aromatic heterocycles. The molecule has 9 heteroatoms. The molecule has 6 N–H and O–H groups in total. The topological polar surface area (TPSA) is 85.1 Å². The number of pyridine rings is 1. The van der Waals surface area contributed by atoms with E-state index in [9.17, 15) is 0 Å². The maximum atomic E-state index is 5.18.